The van der Waals surface area contributed by atoms with Crippen molar-refractivity contribution in [1.29, 1.82) is 0 Å². The molecule has 132 valence electrons. The smallest absolute Gasteiger partial charge is 0.306 e. The Labute approximate surface area is 141 Å². The van der Waals surface area contributed by atoms with Crippen molar-refractivity contribution < 1.29 is 19.1 Å². The van der Waals surface area contributed by atoms with Gasteiger partial charge in [0.05, 0.1) is 6.61 Å². The molecule has 0 bridgehead atoms. The molecule has 0 fully saturated rings. The highest BCUT2D eigenvalue weighted by Gasteiger charge is 2.12. The summed E-state index contributed by atoms with van der Waals surface area (Å²) in [6.45, 7) is 6.64. The van der Waals surface area contributed by atoms with E-state index in [1.165, 1.54) is 0 Å². The Morgan fingerprint density at radius 3 is 2.30 bits per heavy atom. The molecule has 0 amide bonds. The second-order valence-corrected chi connectivity index (χ2v) is 5.61. The van der Waals surface area contributed by atoms with Gasteiger partial charge in [0.2, 0.25) is 0 Å². The topological polar surface area (TPSA) is 52.6 Å². The fraction of sp³-hybridized carbons (Fsp3) is 0.789. The summed E-state index contributed by atoms with van der Waals surface area (Å²) in [7, 11) is 0. The van der Waals surface area contributed by atoms with E-state index in [4.69, 9.17) is 9.47 Å². The predicted octanol–water partition coefficient (Wildman–Crippen LogP) is 4.41. The highest BCUT2D eigenvalue weighted by atomic mass is 16.5. The van der Waals surface area contributed by atoms with E-state index in [1.807, 2.05) is 6.92 Å². The van der Waals surface area contributed by atoms with Crippen molar-refractivity contribution in [3.05, 3.63) is 0 Å². The molecule has 0 N–H and O–H groups in total. The Morgan fingerprint density at radius 2 is 1.65 bits per heavy atom. The van der Waals surface area contributed by atoms with Crippen LogP contribution in [0.15, 0.2) is 0 Å². The molecule has 4 heteroatoms. The van der Waals surface area contributed by atoms with Crippen molar-refractivity contribution in [3.8, 4) is 11.8 Å². The van der Waals surface area contributed by atoms with Crippen LogP contribution in [0, 0.1) is 11.8 Å². The van der Waals surface area contributed by atoms with Crippen molar-refractivity contribution in [2.45, 2.75) is 91.1 Å². The van der Waals surface area contributed by atoms with Gasteiger partial charge < -0.3 is 9.47 Å². The maximum Gasteiger partial charge on any atom is 0.306 e. The quantitative estimate of drug-likeness (QED) is 0.303. The standard InChI is InChI=1S/C19H32O4/c1-4-7-9-10-13-17(6-3)23-19(21)15-12-14-18(20)22-16-11-8-5-2/h17H,4-8,11-16H2,1-3H3. The molecule has 0 saturated carbocycles. The molecule has 0 aliphatic rings. The van der Waals surface area contributed by atoms with Crippen LogP contribution in [0.4, 0.5) is 0 Å². The van der Waals surface area contributed by atoms with Crippen LogP contribution in [0.3, 0.4) is 0 Å². The highest BCUT2D eigenvalue weighted by Crippen LogP contribution is 2.07. The van der Waals surface area contributed by atoms with E-state index in [9.17, 15) is 9.59 Å². The SMILES string of the molecule is CCCC#CCC(CC)OC(=O)CCCC(=O)OCCCCC. The number of hydrogen-bond acceptors (Lipinski definition) is 4. The first-order valence-corrected chi connectivity index (χ1v) is 8.94. The first kappa shape index (κ1) is 21.5. The van der Waals surface area contributed by atoms with E-state index in [1.54, 1.807) is 0 Å². The van der Waals surface area contributed by atoms with Gasteiger partial charge >= 0.3 is 11.9 Å². The fourth-order valence-electron chi connectivity index (χ4n) is 1.90. The number of carbonyl (C=O) groups excluding carboxylic acids is 2. The Balaban J connectivity index is 3.79. The maximum atomic E-state index is 11.8. The minimum absolute atomic E-state index is 0.146. The van der Waals surface area contributed by atoms with Crippen molar-refractivity contribution in [3.63, 3.8) is 0 Å². The lowest BCUT2D eigenvalue weighted by molar-refractivity contribution is -0.149. The van der Waals surface area contributed by atoms with E-state index in [2.05, 4.69) is 25.7 Å². The second-order valence-electron chi connectivity index (χ2n) is 5.61. The summed E-state index contributed by atoms with van der Waals surface area (Å²) < 4.78 is 10.5. The molecule has 4 nitrogen and oxygen atoms in total. The lowest BCUT2D eigenvalue weighted by atomic mass is 10.2. The molecular weight excluding hydrogens is 292 g/mol. The number of rotatable bonds is 12. The average molecular weight is 324 g/mol. The third-order valence-electron chi connectivity index (χ3n) is 3.36. The van der Waals surface area contributed by atoms with Crippen molar-refractivity contribution in [2.75, 3.05) is 6.61 Å². The van der Waals surface area contributed by atoms with Gasteiger partial charge in [0.1, 0.15) is 6.10 Å². The summed E-state index contributed by atoms with van der Waals surface area (Å²) in [5.74, 6) is 5.62. The average Bonchev–Trinajstić information content (AvgIpc) is 2.54. The monoisotopic (exact) mass is 324 g/mol. The fourth-order valence-corrected chi connectivity index (χ4v) is 1.90. The third kappa shape index (κ3) is 13.9. The van der Waals surface area contributed by atoms with Crippen molar-refractivity contribution in [2.24, 2.45) is 0 Å². The zero-order valence-corrected chi connectivity index (χ0v) is 15.0. The normalized spacial score (nSPS) is 11.3. The Hall–Kier alpha value is -1.50. The molecule has 0 saturated heterocycles. The van der Waals surface area contributed by atoms with Gasteiger partial charge in [-0.25, -0.2) is 0 Å². The van der Waals surface area contributed by atoms with Gasteiger partial charge in [-0.3, -0.25) is 9.59 Å². The first-order chi connectivity index (χ1) is 11.1. The molecule has 0 radical (unpaired) electrons. The van der Waals surface area contributed by atoms with Crippen LogP contribution in [-0.4, -0.2) is 24.6 Å². The Morgan fingerprint density at radius 1 is 0.913 bits per heavy atom. The van der Waals surface area contributed by atoms with Crippen LogP contribution in [0.25, 0.3) is 0 Å². The lowest BCUT2D eigenvalue weighted by Crippen LogP contribution is -2.17. The number of ether oxygens (including phenoxy) is 2. The Kier molecular flexibility index (Phi) is 14.4. The van der Waals surface area contributed by atoms with Gasteiger partial charge in [-0.05, 0) is 25.7 Å². The van der Waals surface area contributed by atoms with E-state index < -0.39 is 0 Å². The van der Waals surface area contributed by atoms with Crippen molar-refractivity contribution >= 4 is 11.9 Å². The molecule has 23 heavy (non-hydrogen) atoms. The number of esters is 2. The van der Waals surface area contributed by atoms with Gasteiger partial charge in [-0.15, -0.1) is 5.92 Å². The van der Waals surface area contributed by atoms with E-state index >= 15 is 0 Å². The van der Waals surface area contributed by atoms with Crippen LogP contribution >= 0.6 is 0 Å². The molecule has 0 aromatic carbocycles. The summed E-state index contributed by atoms with van der Waals surface area (Å²) >= 11 is 0. The van der Waals surface area contributed by atoms with Crippen LogP contribution in [0.5, 0.6) is 0 Å². The summed E-state index contributed by atoms with van der Waals surface area (Å²) in [5, 5.41) is 0. The Bertz CT molecular complexity index is 379. The third-order valence-corrected chi connectivity index (χ3v) is 3.36. The van der Waals surface area contributed by atoms with Gasteiger partial charge in [-0.1, -0.05) is 39.5 Å². The predicted molar refractivity (Wildman–Crippen MR) is 91.8 cm³/mol. The molecular formula is C19H32O4. The van der Waals surface area contributed by atoms with E-state index in [0.29, 0.717) is 19.4 Å². The molecule has 1 atom stereocenters. The molecule has 0 aliphatic carbocycles. The van der Waals surface area contributed by atoms with Gasteiger partial charge in [0, 0.05) is 25.7 Å². The molecule has 0 aromatic rings. The van der Waals surface area contributed by atoms with E-state index in [0.717, 1.165) is 38.5 Å². The number of carbonyl (C=O) groups is 2. The van der Waals surface area contributed by atoms with Crippen LogP contribution in [-0.2, 0) is 19.1 Å². The summed E-state index contributed by atoms with van der Waals surface area (Å²) in [4.78, 5) is 23.2. The van der Waals surface area contributed by atoms with Crippen LogP contribution in [0.1, 0.15) is 85.0 Å². The van der Waals surface area contributed by atoms with Crippen LogP contribution < -0.4 is 0 Å². The zero-order chi connectivity index (χ0) is 17.3. The van der Waals surface area contributed by atoms with E-state index in [-0.39, 0.29) is 30.9 Å². The molecule has 0 rings (SSSR count). The number of hydrogen-bond donors (Lipinski definition) is 0. The summed E-state index contributed by atoms with van der Waals surface area (Å²) in [6.07, 6.45) is 7.19. The van der Waals surface area contributed by atoms with Gasteiger partial charge in [0.25, 0.3) is 0 Å². The summed E-state index contributed by atoms with van der Waals surface area (Å²) in [6, 6.07) is 0. The molecule has 1 unspecified atom stereocenters. The molecule has 0 aliphatic heterocycles. The van der Waals surface area contributed by atoms with Crippen molar-refractivity contribution in [1.82, 2.24) is 0 Å². The van der Waals surface area contributed by atoms with Gasteiger partial charge in [-0.2, -0.15) is 0 Å². The molecule has 0 heterocycles. The minimum atomic E-state index is -0.257. The lowest BCUT2D eigenvalue weighted by Gasteiger charge is -2.13. The summed E-state index contributed by atoms with van der Waals surface area (Å²) in [5.41, 5.74) is 0. The zero-order valence-electron chi connectivity index (χ0n) is 15.0. The largest absolute Gasteiger partial charge is 0.466 e. The number of unbranched alkanes of at least 4 members (excludes halogenated alkanes) is 3. The highest BCUT2D eigenvalue weighted by molar-refractivity contribution is 5.72. The second kappa shape index (κ2) is 15.4. The van der Waals surface area contributed by atoms with Crippen LogP contribution in [0.2, 0.25) is 0 Å². The molecule has 0 spiro atoms. The maximum absolute atomic E-state index is 11.8. The molecule has 0 aromatic heterocycles. The first-order valence-electron chi connectivity index (χ1n) is 8.94. The van der Waals surface area contributed by atoms with Gasteiger partial charge in [0.15, 0.2) is 0 Å². The minimum Gasteiger partial charge on any atom is -0.466 e.